The van der Waals surface area contributed by atoms with E-state index in [9.17, 15) is 23.3 Å². The molecular formula is C25H24N4O5S2. The van der Waals surface area contributed by atoms with Crippen LogP contribution in [-0.2, 0) is 45.5 Å². The number of nitrogens with one attached hydrogen (secondary N) is 1. The number of nitrogens with two attached hydrogens (primary N) is 1. The highest BCUT2D eigenvalue weighted by atomic mass is 32.2. The van der Waals surface area contributed by atoms with Crippen LogP contribution in [0.1, 0.15) is 37.5 Å². The van der Waals surface area contributed by atoms with Gasteiger partial charge in [-0.15, -0.1) is 11.3 Å². The lowest BCUT2D eigenvalue weighted by molar-refractivity contribution is -0.115. The number of ether oxygens (including phenoxy) is 1. The Hall–Kier alpha value is -3.56. The molecule has 4 rings (SSSR count). The van der Waals surface area contributed by atoms with Gasteiger partial charge in [0.15, 0.2) is 0 Å². The lowest BCUT2D eigenvalue weighted by atomic mass is 10.0. The predicted octanol–water partition coefficient (Wildman–Crippen LogP) is 2.79. The van der Waals surface area contributed by atoms with Crippen molar-refractivity contribution in [3.63, 3.8) is 0 Å². The van der Waals surface area contributed by atoms with Gasteiger partial charge >= 0.3 is 5.97 Å². The first-order chi connectivity index (χ1) is 17.2. The molecule has 11 heteroatoms. The van der Waals surface area contributed by atoms with E-state index in [1.54, 1.807) is 6.07 Å². The molecule has 0 aliphatic carbocycles. The van der Waals surface area contributed by atoms with Gasteiger partial charge < -0.3 is 10.1 Å². The summed E-state index contributed by atoms with van der Waals surface area (Å²) in [5.74, 6) is -0.680. The van der Waals surface area contributed by atoms with E-state index in [1.807, 2.05) is 18.2 Å². The summed E-state index contributed by atoms with van der Waals surface area (Å²) in [6.45, 7) is 2.01. The zero-order valence-corrected chi connectivity index (χ0v) is 21.1. The molecule has 0 fully saturated rings. The highest BCUT2D eigenvalue weighted by Gasteiger charge is 2.25. The molecule has 2 heterocycles. The minimum Gasteiger partial charge on any atom is -0.465 e. The second-order valence-corrected chi connectivity index (χ2v) is 11.1. The van der Waals surface area contributed by atoms with Crippen molar-refractivity contribution in [1.29, 1.82) is 5.26 Å². The zero-order valence-electron chi connectivity index (χ0n) is 19.5. The predicted molar refractivity (Wildman–Crippen MR) is 135 cm³/mol. The lowest BCUT2D eigenvalue weighted by Gasteiger charge is -2.26. The molecule has 0 spiro atoms. The average molecular weight is 525 g/mol. The molecule has 1 aromatic heterocycles. The van der Waals surface area contributed by atoms with E-state index in [1.165, 1.54) is 42.7 Å². The smallest absolute Gasteiger partial charge is 0.337 e. The largest absolute Gasteiger partial charge is 0.465 e. The molecule has 36 heavy (non-hydrogen) atoms. The molecule has 0 unspecified atom stereocenters. The number of carbonyl (C=O) groups is 2. The van der Waals surface area contributed by atoms with Crippen LogP contribution in [-0.4, -0.2) is 38.8 Å². The minimum atomic E-state index is -3.80. The lowest BCUT2D eigenvalue weighted by Crippen LogP contribution is -2.29. The number of thiophene rings is 1. The molecule has 0 atom stereocenters. The molecule has 2 aromatic carbocycles. The quantitative estimate of drug-likeness (QED) is 0.453. The Kier molecular flexibility index (Phi) is 7.51. The molecule has 0 saturated carbocycles. The minimum absolute atomic E-state index is 0.0223. The molecule has 0 radical (unpaired) electrons. The van der Waals surface area contributed by atoms with Crippen molar-refractivity contribution < 1.29 is 22.7 Å². The molecule has 0 saturated heterocycles. The molecule has 0 bridgehead atoms. The van der Waals surface area contributed by atoms with Gasteiger partial charge in [-0.1, -0.05) is 24.3 Å². The molecule has 1 aliphatic rings. The number of nitrogens with zero attached hydrogens (tertiary/aromatic N) is 2. The third kappa shape index (κ3) is 5.80. The number of esters is 1. The Bertz CT molecular complexity index is 1460. The maximum absolute atomic E-state index is 12.7. The van der Waals surface area contributed by atoms with Crippen LogP contribution in [0.25, 0.3) is 0 Å². The number of rotatable bonds is 7. The average Bonchev–Trinajstić information content (AvgIpc) is 3.19. The van der Waals surface area contributed by atoms with Crippen molar-refractivity contribution in [3.05, 3.63) is 81.2 Å². The van der Waals surface area contributed by atoms with Gasteiger partial charge in [-0.3, -0.25) is 9.69 Å². The Morgan fingerprint density at radius 3 is 2.61 bits per heavy atom. The van der Waals surface area contributed by atoms with Gasteiger partial charge in [0.1, 0.15) is 11.1 Å². The molecule has 3 N–H and O–H groups in total. The van der Waals surface area contributed by atoms with Crippen molar-refractivity contribution in [1.82, 2.24) is 4.90 Å². The molecule has 1 amide bonds. The first kappa shape index (κ1) is 25.5. The Morgan fingerprint density at radius 1 is 1.19 bits per heavy atom. The number of hydrogen-bond donors (Lipinski definition) is 2. The van der Waals surface area contributed by atoms with Crippen LogP contribution in [0.4, 0.5) is 5.00 Å². The van der Waals surface area contributed by atoms with Gasteiger partial charge in [0.2, 0.25) is 15.9 Å². The summed E-state index contributed by atoms with van der Waals surface area (Å²) >= 11 is 1.39. The third-order valence-corrected chi connectivity index (χ3v) is 7.93. The van der Waals surface area contributed by atoms with Gasteiger partial charge in [0.25, 0.3) is 0 Å². The second kappa shape index (κ2) is 10.6. The Morgan fingerprint density at radius 2 is 1.94 bits per heavy atom. The van der Waals surface area contributed by atoms with Gasteiger partial charge in [-0.2, -0.15) is 5.26 Å². The fraction of sp³-hybridized carbons (Fsp3) is 0.240. The summed E-state index contributed by atoms with van der Waals surface area (Å²) < 4.78 is 27.6. The summed E-state index contributed by atoms with van der Waals surface area (Å²) in [7, 11) is -2.45. The van der Waals surface area contributed by atoms with Gasteiger partial charge in [0.05, 0.1) is 29.6 Å². The molecule has 9 nitrogen and oxygen atoms in total. The first-order valence-electron chi connectivity index (χ1n) is 11.0. The van der Waals surface area contributed by atoms with Gasteiger partial charge in [0, 0.05) is 24.5 Å². The Labute approximate surface area is 213 Å². The van der Waals surface area contributed by atoms with Crippen LogP contribution in [0.5, 0.6) is 0 Å². The summed E-state index contributed by atoms with van der Waals surface area (Å²) in [6, 6.07) is 15.3. The van der Waals surface area contributed by atoms with E-state index >= 15 is 0 Å². The number of carbonyl (C=O) groups excluding carboxylic acids is 2. The van der Waals surface area contributed by atoms with Crippen LogP contribution in [0.3, 0.4) is 0 Å². The van der Waals surface area contributed by atoms with Crippen LogP contribution in [0.2, 0.25) is 0 Å². The first-order valence-corrected chi connectivity index (χ1v) is 13.4. The molecule has 3 aromatic rings. The van der Waals surface area contributed by atoms with Crippen LogP contribution < -0.4 is 10.5 Å². The van der Waals surface area contributed by atoms with Crippen molar-refractivity contribution >= 4 is 38.2 Å². The monoisotopic (exact) mass is 524 g/mol. The number of methoxy groups -OCH3 is 1. The van der Waals surface area contributed by atoms with Crippen molar-refractivity contribution in [2.75, 3.05) is 19.0 Å². The van der Waals surface area contributed by atoms with Crippen molar-refractivity contribution in [2.45, 2.75) is 30.8 Å². The fourth-order valence-corrected chi connectivity index (χ4v) is 5.90. The van der Waals surface area contributed by atoms with E-state index in [-0.39, 0.29) is 23.2 Å². The SMILES string of the molecule is COC(=O)c1cccc(CN2CCc3c(sc(NC(=O)Cc4ccc(S(N)(=O)=O)cc4)c3C#N)C2)c1. The van der Waals surface area contributed by atoms with E-state index in [0.29, 0.717) is 41.2 Å². The van der Waals surface area contributed by atoms with Crippen LogP contribution >= 0.6 is 11.3 Å². The number of amides is 1. The highest BCUT2D eigenvalue weighted by molar-refractivity contribution is 7.89. The number of fused-ring (bicyclic) bond motifs is 1. The number of primary sulfonamides is 1. The second-order valence-electron chi connectivity index (χ2n) is 8.39. The third-order valence-electron chi connectivity index (χ3n) is 5.87. The number of benzene rings is 2. The summed E-state index contributed by atoms with van der Waals surface area (Å²) in [4.78, 5) is 27.7. The van der Waals surface area contributed by atoms with Crippen molar-refractivity contribution in [2.24, 2.45) is 5.14 Å². The van der Waals surface area contributed by atoms with Gasteiger partial charge in [-0.05, 0) is 47.4 Å². The summed E-state index contributed by atoms with van der Waals surface area (Å²) in [6.07, 6.45) is 0.706. The maximum atomic E-state index is 12.7. The number of anilines is 1. The van der Waals surface area contributed by atoms with E-state index < -0.39 is 10.0 Å². The maximum Gasteiger partial charge on any atom is 0.337 e. The number of hydrogen-bond acceptors (Lipinski definition) is 8. The summed E-state index contributed by atoms with van der Waals surface area (Å²) in [5.41, 5.74) is 3.55. The zero-order chi connectivity index (χ0) is 25.9. The van der Waals surface area contributed by atoms with E-state index in [2.05, 4.69) is 16.3 Å². The van der Waals surface area contributed by atoms with Gasteiger partial charge in [-0.25, -0.2) is 18.4 Å². The van der Waals surface area contributed by atoms with Crippen molar-refractivity contribution in [3.8, 4) is 6.07 Å². The molecule has 1 aliphatic heterocycles. The van der Waals surface area contributed by atoms with E-state index in [4.69, 9.17) is 9.88 Å². The normalized spacial score (nSPS) is 13.5. The van der Waals surface area contributed by atoms with Crippen LogP contribution in [0, 0.1) is 11.3 Å². The fourth-order valence-electron chi connectivity index (χ4n) is 4.12. The molecule has 186 valence electrons. The summed E-state index contributed by atoms with van der Waals surface area (Å²) in [5, 5.41) is 18.2. The molecular weight excluding hydrogens is 500 g/mol. The van der Waals surface area contributed by atoms with Crippen LogP contribution in [0.15, 0.2) is 53.4 Å². The Balaban J connectivity index is 1.44. The highest BCUT2D eigenvalue weighted by Crippen LogP contribution is 2.37. The topological polar surface area (TPSA) is 143 Å². The standard InChI is InChI=1S/C25H24N4O5S2/c1-34-25(31)18-4-2-3-17(11-18)14-29-10-9-20-21(13-26)24(35-22(20)15-29)28-23(30)12-16-5-7-19(8-6-16)36(27,32)33/h2-8,11H,9-10,12,14-15H2,1H3,(H,28,30)(H2,27,32,33). The number of nitriles is 1. The van der Waals surface area contributed by atoms with E-state index in [0.717, 1.165) is 22.5 Å². The number of sulfonamides is 1.